The van der Waals surface area contributed by atoms with E-state index >= 15 is 0 Å². The lowest BCUT2D eigenvalue weighted by Crippen LogP contribution is -2.46. The number of rotatable bonds is 4. The summed E-state index contributed by atoms with van der Waals surface area (Å²) in [7, 11) is 0. The number of ether oxygens (including phenoxy) is 1. The van der Waals surface area contributed by atoms with Crippen molar-refractivity contribution in [1.82, 2.24) is 10.2 Å². The second-order valence-corrected chi connectivity index (χ2v) is 5.43. The van der Waals surface area contributed by atoms with Crippen LogP contribution in [0.15, 0.2) is 24.3 Å². The van der Waals surface area contributed by atoms with Crippen molar-refractivity contribution in [2.45, 2.75) is 32.3 Å². The minimum absolute atomic E-state index is 0.0352. The summed E-state index contributed by atoms with van der Waals surface area (Å²) in [6.45, 7) is 4.25. The number of likely N-dealkylation sites (tertiary alicyclic amines) is 1. The number of carbonyl (C=O) groups is 1. The molecular weight excluding hydrogens is 276 g/mol. The zero-order chi connectivity index (χ0) is 14.4. The van der Waals surface area contributed by atoms with Gasteiger partial charge in [0.2, 0.25) is 0 Å². The van der Waals surface area contributed by atoms with Crippen LogP contribution in [-0.2, 0) is 0 Å². The van der Waals surface area contributed by atoms with Gasteiger partial charge >= 0.3 is 6.03 Å². The molecule has 20 heavy (non-hydrogen) atoms. The maximum Gasteiger partial charge on any atom is 0.317 e. The van der Waals surface area contributed by atoms with Gasteiger partial charge in [-0.05, 0) is 24.6 Å². The van der Waals surface area contributed by atoms with Gasteiger partial charge < -0.3 is 15.0 Å². The largest absolute Gasteiger partial charge is 0.490 e. The molecule has 0 radical (unpaired) electrons. The zero-order valence-corrected chi connectivity index (χ0v) is 12.5. The molecule has 1 heterocycles. The van der Waals surface area contributed by atoms with Crippen molar-refractivity contribution in [3.63, 3.8) is 0 Å². The van der Waals surface area contributed by atoms with Gasteiger partial charge in [-0.25, -0.2) is 4.79 Å². The van der Waals surface area contributed by atoms with Gasteiger partial charge in [-0.1, -0.05) is 24.6 Å². The topological polar surface area (TPSA) is 41.6 Å². The predicted octanol–water partition coefficient (Wildman–Crippen LogP) is 3.30. The van der Waals surface area contributed by atoms with Gasteiger partial charge in [0.1, 0.15) is 11.9 Å². The van der Waals surface area contributed by atoms with Crippen LogP contribution in [0.3, 0.4) is 0 Å². The van der Waals surface area contributed by atoms with Crippen molar-refractivity contribution < 1.29 is 9.53 Å². The fourth-order valence-electron chi connectivity index (χ4n) is 2.25. The highest BCUT2D eigenvalue weighted by Gasteiger charge is 2.23. The lowest BCUT2D eigenvalue weighted by Gasteiger charge is -2.32. The smallest absolute Gasteiger partial charge is 0.317 e. The average Bonchev–Trinajstić information content (AvgIpc) is 2.45. The predicted molar refractivity (Wildman–Crippen MR) is 80.4 cm³/mol. The summed E-state index contributed by atoms with van der Waals surface area (Å²) in [5, 5.41) is 3.58. The summed E-state index contributed by atoms with van der Waals surface area (Å²) in [5.41, 5.74) is 0. The Morgan fingerprint density at radius 2 is 2.20 bits per heavy atom. The van der Waals surface area contributed by atoms with E-state index in [1.807, 2.05) is 36.1 Å². The fourth-order valence-corrected chi connectivity index (χ4v) is 2.43. The first kappa shape index (κ1) is 15.0. The third kappa shape index (κ3) is 4.30. The molecule has 110 valence electrons. The number of urea groups is 1. The van der Waals surface area contributed by atoms with E-state index in [2.05, 4.69) is 5.32 Å². The summed E-state index contributed by atoms with van der Waals surface area (Å²) in [4.78, 5) is 13.7. The molecule has 0 aromatic heterocycles. The maximum atomic E-state index is 11.8. The number of halogens is 1. The minimum Gasteiger partial charge on any atom is -0.490 e. The van der Waals surface area contributed by atoms with Gasteiger partial charge in [0, 0.05) is 37.5 Å². The number of hydrogen-bond acceptors (Lipinski definition) is 2. The number of carbonyl (C=O) groups excluding carboxylic acids is 1. The van der Waals surface area contributed by atoms with Crippen molar-refractivity contribution in [3.8, 4) is 5.75 Å². The Bertz CT molecular complexity index is 445. The summed E-state index contributed by atoms with van der Waals surface area (Å²) in [6, 6.07) is 7.47. The molecule has 1 N–H and O–H groups in total. The first-order valence-electron chi connectivity index (χ1n) is 7.14. The van der Waals surface area contributed by atoms with E-state index in [1.54, 1.807) is 0 Å². The number of nitrogens with one attached hydrogen (secondary N) is 1. The second kappa shape index (κ2) is 7.39. The van der Waals surface area contributed by atoms with Crippen LogP contribution in [0.1, 0.15) is 26.2 Å². The van der Waals surface area contributed by atoms with Crippen LogP contribution in [0.2, 0.25) is 5.02 Å². The standard InChI is InChI=1S/C15H21ClN2O2/c1-2-8-17-15(19)18-9-6-13(7-10-18)20-14-5-3-4-12(16)11-14/h3-5,11,13H,2,6-10H2,1H3,(H,17,19). The van der Waals surface area contributed by atoms with Crippen molar-refractivity contribution >= 4 is 17.6 Å². The first-order valence-corrected chi connectivity index (χ1v) is 7.52. The summed E-state index contributed by atoms with van der Waals surface area (Å²) in [6.07, 6.45) is 2.82. The number of piperidine rings is 1. The molecule has 4 nitrogen and oxygen atoms in total. The van der Waals surface area contributed by atoms with Gasteiger partial charge in [-0.15, -0.1) is 0 Å². The van der Waals surface area contributed by atoms with Gasteiger partial charge in [-0.2, -0.15) is 0 Å². The third-order valence-electron chi connectivity index (χ3n) is 3.35. The van der Waals surface area contributed by atoms with E-state index in [-0.39, 0.29) is 12.1 Å². The molecular formula is C15H21ClN2O2. The van der Waals surface area contributed by atoms with E-state index in [0.717, 1.165) is 44.6 Å². The van der Waals surface area contributed by atoms with E-state index in [4.69, 9.17) is 16.3 Å². The van der Waals surface area contributed by atoms with Crippen LogP contribution in [0.25, 0.3) is 0 Å². The highest BCUT2D eigenvalue weighted by Crippen LogP contribution is 2.22. The molecule has 1 aromatic rings. The van der Waals surface area contributed by atoms with E-state index in [0.29, 0.717) is 5.02 Å². The highest BCUT2D eigenvalue weighted by molar-refractivity contribution is 6.30. The van der Waals surface area contributed by atoms with Crippen LogP contribution in [-0.4, -0.2) is 36.7 Å². The molecule has 2 amide bonds. The monoisotopic (exact) mass is 296 g/mol. The molecule has 1 aliphatic heterocycles. The quantitative estimate of drug-likeness (QED) is 0.926. The molecule has 0 unspecified atom stereocenters. The number of amides is 2. The van der Waals surface area contributed by atoms with E-state index in [1.165, 1.54) is 0 Å². The van der Waals surface area contributed by atoms with Crippen molar-refractivity contribution in [2.24, 2.45) is 0 Å². The molecule has 2 rings (SSSR count). The van der Waals surface area contributed by atoms with Crippen molar-refractivity contribution in [3.05, 3.63) is 29.3 Å². The minimum atomic E-state index is 0.0352. The molecule has 0 atom stereocenters. The van der Waals surface area contributed by atoms with Crippen LogP contribution in [0.4, 0.5) is 4.79 Å². The van der Waals surface area contributed by atoms with Crippen LogP contribution in [0.5, 0.6) is 5.75 Å². The Balaban J connectivity index is 1.78. The first-order chi connectivity index (χ1) is 9.69. The number of nitrogens with zero attached hydrogens (tertiary/aromatic N) is 1. The molecule has 1 fully saturated rings. The van der Waals surface area contributed by atoms with Crippen molar-refractivity contribution in [2.75, 3.05) is 19.6 Å². The van der Waals surface area contributed by atoms with Gasteiger partial charge in [0.25, 0.3) is 0 Å². The lowest BCUT2D eigenvalue weighted by molar-refractivity contribution is 0.111. The van der Waals surface area contributed by atoms with Crippen LogP contribution < -0.4 is 10.1 Å². The Hall–Kier alpha value is -1.42. The molecule has 0 saturated carbocycles. The normalized spacial score (nSPS) is 16.0. The summed E-state index contributed by atoms with van der Waals surface area (Å²) < 4.78 is 5.90. The molecule has 0 spiro atoms. The Labute approximate surface area is 125 Å². The van der Waals surface area contributed by atoms with Gasteiger partial charge in [0.15, 0.2) is 0 Å². The Kier molecular flexibility index (Phi) is 5.53. The summed E-state index contributed by atoms with van der Waals surface area (Å²) >= 11 is 5.93. The molecule has 5 heteroatoms. The Morgan fingerprint density at radius 1 is 1.45 bits per heavy atom. The number of benzene rings is 1. The average molecular weight is 297 g/mol. The maximum absolute atomic E-state index is 11.8. The SMILES string of the molecule is CCCNC(=O)N1CCC(Oc2cccc(Cl)c2)CC1. The third-order valence-corrected chi connectivity index (χ3v) is 3.59. The van der Waals surface area contributed by atoms with Gasteiger partial charge in [0.05, 0.1) is 0 Å². The zero-order valence-electron chi connectivity index (χ0n) is 11.8. The van der Waals surface area contributed by atoms with E-state index < -0.39 is 0 Å². The fraction of sp³-hybridized carbons (Fsp3) is 0.533. The lowest BCUT2D eigenvalue weighted by atomic mass is 10.1. The van der Waals surface area contributed by atoms with Crippen LogP contribution >= 0.6 is 11.6 Å². The molecule has 1 aliphatic rings. The molecule has 0 aliphatic carbocycles. The highest BCUT2D eigenvalue weighted by atomic mass is 35.5. The van der Waals surface area contributed by atoms with Gasteiger partial charge in [-0.3, -0.25) is 0 Å². The van der Waals surface area contributed by atoms with E-state index in [9.17, 15) is 4.79 Å². The Morgan fingerprint density at radius 3 is 2.85 bits per heavy atom. The van der Waals surface area contributed by atoms with Crippen molar-refractivity contribution in [1.29, 1.82) is 0 Å². The number of hydrogen-bond donors (Lipinski definition) is 1. The molecule has 1 saturated heterocycles. The second-order valence-electron chi connectivity index (χ2n) is 4.99. The summed E-state index contributed by atoms with van der Waals surface area (Å²) in [5.74, 6) is 0.798. The molecule has 1 aromatic carbocycles. The molecule has 0 bridgehead atoms. The van der Waals surface area contributed by atoms with Crippen LogP contribution in [0, 0.1) is 0 Å².